The second-order valence-electron chi connectivity index (χ2n) is 6.33. The summed E-state index contributed by atoms with van der Waals surface area (Å²) in [6, 6.07) is -0.130. The molecule has 2 aliphatic rings. The zero-order chi connectivity index (χ0) is 13.0. The van der Waals surface area contributed by atoms with Crippen LogP contribution in [0.25, 0.3) is 0 Å². The Hall–Kier alpha value is -0.570. The third-order valence-electron chi connectivity index (χ3n) is 5.15. The van der Waals surface area contributed by atoms with E-state index in [2.05, 4.69) is 0 Å². The number of hydrogen-bond donors (Lipinski definition) is 2. The summed E-state index contributed by atoms with van der Waals surface area (Å²) in [5.41, 5.74) is 5.99. The molecule has 0 aromatic heterocycles. The summed E-state index contributed by atoms with van der Waals surface area (Å²) in [5, 5.41) is 8.79. The molecular formula is C15H27NO2. The number of carboxylic acids is 1. The summed E-state index contributed by atoms with van der Waals surface area (Å²) >= 11 is 0. The van der Waals surface area contributed by atoms with E-state index in [1.165, 1.54) is 44.9 Å². The number of carbonyl (C=O) groups is 1. The smallest absolute Gasteiger partial charge is 0.304 e. The Morgan fingerprint density at radius 2 is 1.56 bits per heavy atom. The Labute approximate surface area is 110 Å². The van der Waals surface area contributed by atoms with Crippen LogP contribution in [0.1, 0.15) is 64.2 Å². The minimum absolute atomic E-state index is 0.130. The molecule has 1 unspecified atom stereocenters. The van der Waals surface area contributed by atoms with E-state index in [0.717, 1.165) is 24.7 Å². The highest BCUT2D eigenvalue weighted by Gasteiger charge is 2.31. The van der Waals surface area contributed by atoms with Gasteiger partial charge >= 0.3 is 5.97 Å². The molecule has 0 spiro atoms. The van der Waals surface area contributed by atoms with E-state index in [0.29, 0.717) is 5.92 Å². The molecule has 0 bridgehead atoms. The molecular weight excluding hydrogens is 226 g/mol. The van der Waals surface area contributed by atoms with Gasteiger partial charge in [0.2, 0.25) is 0 Å². The number of hydrogen-bond acceptors (Lipinski definition) is 2. The van der Waals surface area contributed by atoms with Crippen LogP contribution >= 0.6 is 0 Å². The van der Waals surface area contributed by atoms with Crippen molar-refractivity contribution in [2.75, 3.05) is 0 Å². The third kappa shape index (κ3) is 3.71. The van der Waals surface area contributed by atoms with Gasteiger partial charge < -0.3 is 10.8 Å². The highest BCUT2D eigenvalue weighted by molar-refractivity contribution is 5.67. The van der Waals surface area contributed by atoms with E-state index in [4.69, 9.17) is 10.8 Å². The van der Waals surface area contributed by atoms with Crippen LogP contribution in [-0.4, -0.2) is 17.1 Å². The maximum atomic E-state index is 10.7. The molecule has 18 heavy (non-hydrogen) atoms. The lowest BCUT2D eigenvalue weighted by Crippen LogP contribution is -2.36. The number of aliphatic carboxylic acids is 1. The fourth-order valence-corrected chi connectivity index (χ4v) is 4.02. The van der Waals surface area contributed by atoms with Crippen LogP contribution in [0.15, 0.2) is 0 Å². The van der Waals surface area contributed by atoms with Crippen LogP contribution in [0.4, 0.5) is 0 Å². The normalized spacial score (nSPS) is 32.1. The number of rotatable bonds is 4. The molecule has 104 valence electrons. The van der Waals surface area contributed by atoms with Crippen LogP contribution in [0.5, 0.6) is 0 Å². The zero-order valence-corrected chi connectivity index (χ0v) is 11.3. The van der Waals surface area contributed by atoms with Crippen molar-refractivity contribution in [2.45, 2.75) is 70.3 Å². The van der Waals surface area contributed by atoms with Crippen molar-refractivity contribution in [3.8, 4) is 0 Å². The molecule has 2 aliphatic carbocycles. The van der Waals surface area contributed by atoms with E-state index in [-0.39, 0.29) is 12.5 Å². The summed E-state index contributed by atoms with van der Waals surface area (Å²) in [5.74, 6) is 1.55. The molecule has 1 atom stereocenters. The minimum Gasteiger partial charge on any atom is -0.481 e. The first kappa shape index (κ1) is 13.9. The molecule has 3 heteroatoms. The van der Waals surface area contributed by atoms with Gasteiger partial charge in [0.25, 0.3) is 0 Å². The standard InChI is InChI=1S/C15H27NO2/c16-14(10-15(17)18)13-8-6-12(7-9-13)11-4-2-1-3-5-11/h11-14H,1-10,16H2,(H,17,18). The summed E-state index contributed by atoms with van der Waals surface area (Å²) in [6.07, 6.45) is 12.1. The van der Waals surface area contributed by atoms with Gasteiger partial charge in [0.1, 0.15) is 0 Å². The van der Waals surface area contributed by atoms with E-state index in [9.17, 15) is 4.79 Å². The maximum Gasteiger partial charge on any atom is 0.304 e. The molecule has 0 radical (unpaired) electrons. The van der Waals surface area contributed by atoms with Gasteiger partial charge in [-0.2, -0.15) is 0 Å². The Morgan fingerprint density at radius 1 is 1.00 bits per heavy atom. The predicted octanol–water partition coefficient (Wildman–Crippen LogP) is 3.18. The lowest BCUT2D eigenvalue weighted by Gasteiger charge is -2.37. The quantitative estimate of drug-likeness (QED) is 0.809. The average Bonchev–Trinajstić information content (AvgIpc) is 2.39. The van der Waals surface area contributed by atoms with Crippen molar-refractivity contribution in [3.05, 3.63) is 0 Å². The van der Waals surface area contributed by atoms with Gasteiger partial charge in [0, 0.05) is 6.04 Å². The fraction of sp³-hybridized carbons (Fsp3) is 0.933. The third-order valence-corrected chi connectivity index (χ3v) is 5.15. The Balaban J connectivity index is 1.75. The van der Waals surface area contributed by atoms with Gasteiger partial charge in [0.15, 0.2) is 0 Å². The van der Waals surface area contributed by atoms with Gasteiger partial charge in [-0.25, -0.2) is 0 Å². The van der Waals surface area contributed by atoms with Crippen LogP contribution in [0.2, 0.25) is 0 Å². The highest BCUT2D eigenvalue weighted by atomic mass is 16.4. The Morgan fingerprint density at radius 3 is 2.11 bits per heavy atom. The topological polar surface area (TPSA) is 63.3 Å². The lowest BCUT2D eigenvalue weighted by atomic mass is 9.69. The Kier molecular flexibility index (Phi) is 5.04. The van der Waals surface area contributed by atoms with Crippen molar-refractivity contribution < 1.29 is 9.90 Å². The summed E-state index contributed by atoms with van der Waals surface area (Å²) in [4.78, 5) is 10.7. The lowest BCUT2D eigenvalue weighted by molar-refractivity contribution is -0.137. The molecule has 0 amide bonds. The first-order valence-electron chi connectivity index (χ1n) is 7.64. The minimum atomic E-state index is -0.753. The molecule has 0 aromatic carbocycles. The number of nitrogens with two attached hydrogens (primary N) is 1. The summed E-state index contributed by atoms with van der Waals surface area (Å²) in [7, 11) is 0. The molecule has 0 heterocycles. The monoisotopic (exact) mass is 253 g/mol. The van der Waals surface area contributed by atoms with Crippen molar-refractivity contribution in [2.24, 2.45) is 23.5 Å². The molecule has 3 nitrogen and oxygen atoms in total. The largest absolute Gasteiger partial charge is 0.481 e. The maximum absolute atomic E-state index is 10.7. The SMILES string of the molecule is NC(CC(=O)O)C1CCC(C2CCCCC2)CC1. The van der Waals surface area contributed by atoms with Crippen LogP contribution in [0, 0.1) is 17.8 Å². The molecule has 0 saturated heterocycles. The van der Waals surface area contributed by atoms with Gasteiger partial charge in [-0.05, 0) is 43.4 Å². The van der Waals surface area contributed by atoms with Crippen molar-refractivity contribution in [1.82, 2.24) is 0 Å². The van der Waals surface area contributed by atoms with Crippen molar-refractivity contribution >= 4 is 5.97 Å². The molecule has 0 aromatic rings. The van der Waals surface area contributed by atoms with Crippen LogP contribution in [0.3, 0.4) is 0 Å². The second-order valence-corrected chi connectivity index (χ2v) is 6.33. The highest BCUT2D eigenvalue weighted by Crippen LogP contribution is 2.40. The Bertz CT molecular complexity index is 266. The summed E-state index contributed by atoms with van der Waals surface area (Å²) < 4.78 is 0. The van der Waals surface area contributed by atoms with E-state index in [1.807, 2.05) is 0 Å². The van der Waals surface area contributed by atoms with Gasteiger partial charge in [0.05, 0.1) is 6.42 Å². The zero-order valence-electron chi connectivity index (χ0n) is 11.3. The first-order valence-corrected chi connectivity index (χ1v) is 7.64. The molecule has 0 aliphatic heterocycles. The second kappa shape index (κ2) is 6.55. The van der Waals surface area contributed by atoms with E-state index in [1.54, 1.807) is 0 Å². The van der Waals surface area contributed by atoms with Crippen molar-refractivity contribution in [3.63, 3.8) is 0 Å². The van der Waals surface area contributed by atoms with Gasteiger partial charge in [-0.3, -0.25) is 4.79 Å². The van der Waals surface area contributed by atoms with Crippen LogP contribution < -0.4 is 5.73 Å². The molecule has 2 saturated carbocycles. The van der Waals surface area contributed by atoms with Crippen LogP contribution in [-0.2, 0) is 4.79 Å². The van der Waals surface area contributed by atoms with E-state index < -0.39 is 5.97 Å². The fourth-order valence-electron chi connectivity index (χ4n) is 4.02. The van der Waals surface area contributed by atoms with E-state index >= 15 is 0 Å². The first-order chi connectivity index (χ1) is 8.66. The molecule has 2 rings (SSSR count). The van der Waals surface area contributed by atoms with Gasteiger partial charge in [-0.15, -0.1) is 0 Å². The van der Waals surface area contributed by atoms with Crippen molar-refractivity contribution in [1.29, 1.82) is 0 Å². The average molecular weight is 253 g/mol. The summed E-state index contributed by atoms with van der Waals surface area (Å²) in [6.45, 7) is 0. The van der Waals surface area contributed by atoms with Gasteiger partial charge in [-0.1, -0.05) is 32.1 Å². The predicted molar refractivity (Wildman–Crippen MR) is 72.3 cm³/mol. The molecule has 3 N–H and O–H groups in total. The molecule has 2 fully saturated rings. The number of carboxylic acid groups (broad SMARTS) is 1.